The van der Waals surface area contributed by atoms with Crippen LogP contribution in [0.15, 0.2) is 12.3 Å². The third-order valence-corrected chi connectivity index (χ3v) is 7.27. The minimum Gasteiger partial charge on any atom is -0.443 e. The highest BCUT2D eigenvalue weighted by atomic mass is 19.4. The molecule has 192 valence electrons. The quantitative estimate of drug-likeness (QED) is 0.557. The summed E-state index contributed by atoms with van der Waals surface area (Å²) in [7, 11) is 0. The van der Waals surface area contributed by atoms with E-state index in [4.69, 9.17) is 10.5 Å². The zero-order valence-electron chi connectivity index (χ0n) is 19.8. The molecule has 35 heavy (non-hydrogen) atoms. The van der Waals surface area contributed by atoms with Gasteiger partial charge >= 0.3 is 12.3 Å². The van der Waals surface area contributed by atoms with E-state index in [1.807, 2.05) is 0 Å². The lowest BCUT2D eigenvalue weighted by Crippen LogP contribution is -2.63. The number of rotatable bonds is 6. The van der Waals surface area contributed by atoms with Crippen LogP contribution >= 0.6 is 0 Å². The van der Waals surface area contributed by atoms with Crippen LogP contribution < -0.4 is 16.4 Å². The zero-order valence-corrected chi connectivity index (χ0v) is 19.8. The Morgan fingerprint density at radius 2 is 1.83 bits per heavy atom. The summed E-state index contributed by atoms with van der Waals surface area (Å²) in [5.74, 6) is -0.861. The molecular weight excluding hydrogens is 467 g/mol. The Kier molecular flexibility index (Phi) is 6.13. The molecule has 1 aromatic heterocycles. The van der Waals surface area contributed by atoms with Crippen molar-refractivity contribution in [2.24, 2.45) is 23.5 Å². The van der Waals surface area contributed by atoms with Gasteiger partial charge in [0.2, 0.25) is 5.91 Å². The number of halogens is 3. The topological polar surface area (TPSA) is 128 Å². The predicted octanol–water partition coefficient (Wildman–Crippen LogP) is 3.06. The van der Waals surface area contributed by atoms with Crippen molar-refractivity contribution >= 4 is 24.1 Å². The van der Waals surface area contributed by atoms with Crippen LogP contribution in [0.2, 0.25) is 0 Å². The average Bonchev–Trinajstić information content (AvgIpc) is 3.11. The Labute approximate surface area is 200 Å². The van der Waals surface area contributed by atoms with Gasteiger partial charge in [-0.15, -0.1) is 0 Å². The minimum absolute atomic E-state index is 0.00715. The first-order valence-corrected chi connectivity index (χ1v) is 11.6. The van der Waals surface area contributed by atoms with Gasteiger partial charge in [-0.05, 0) is 69.8 Å². The molecule has 2 unspecified atom stereocenters. The van der Waals surface area contributed by atoms with Crippen LogP contribution in [0.1, 0.15) is 68.9 Å². The lowest BCUT2D eigenvalue weighted by atomic mass is 9.52. The number of hydrogen-bond acceptors (Lipinski definition) is 5. The van der Waals surface area contributed by atoms with E-state index in [1.165, 1.54) is 13.0 Å². The Morgan fingerprint density at radius 3 is 2.37 bits per heavy atom. The molecule has 5 rings (SSSR count). The molecule has 1 aromatic rings. The van der Waals surface area contributed by atoms with Crippen molar-refractivity contribution < 1.29 is 32.3 Å². The Hall–Kier alpha value is -3.05. The van der Waals surface area contributed by atoms with Gasteiger partial charge in [-0.3, -0.25) is 9.59 Å². The van der Waals surface area contributed by atoms with Crippen LogP contribution in [0.4, 0.5) is 18.0 Å². The fourth-order valence-electron chi connectivity index (χ4n) is 6.43. The number of carbonyl (C=O) groups excluding carboxylic acids is 3. The second-order valence-corrected chi connectivity index (χ2v) is 10.6. The Balaban J connectivity index is 1.55. The Bertz CT molecular complexity index is 1050. The molecular formula is C23H30F3N5O4. The first-order chi connectivity index (χ1) is 16.2. The van der Waals surface area contributed by atoms with E-state index in [0.29, 0.717) is 23.4 Å². The molecule has 12 heteroatoms. The molecule has 3 amide bonds. The number of hydrogen-bond donors (Lipinski definition) is 3. The molecule has 4 N–H and O–H groups in total. The van der Waals surface area contributed by atoms with E-state index in [-0.39, 0.29) is 23.8 Å². The highest BCUT2D eigenvalue weighted by molar-refractivity contribution is 5.95. The molecule has 0 spiro atoms. The molecule has 0 aliphatic heterocycles. The fourth-order valence-corrected chi connectivity index (χ4v) is 6.43. The molecule has 9 nitrogen and oxygen atoms in total. The van der Waals surface area contributed by atoms with Gasteiger partial charge in [0.05, 0.1) is 17.3 Å². The minimum atomic E-state index is -4.84. The number of nitrogens with zero attached hydrogens (tertiary/aromatic N) is 2. The van der Waals surface area contributed by atoms with Crippen LogP contribution in [-0.4, -0.2) is 44.9 Å². The van der Waals surface area contributed by atoms with E-state index >= 15 is 0 Å². The van der Waals surface area contributed by atoms with Crippen LogP contribution in [0.5, 0.6) is 0 Å². The number of amides is 3. The molecule has 4 aliphatic rings. The molecule has 0 saturated heterocycles. The summed E-state index contributed by atoms with van der Waals surface area (Å²) in [5, 5.41) is 9.22. The second kappa shape index (κ2) is 8.56. The van der Waals surface area contributed by atoms with Gasteiger partial charge in [0.25, 0.3) is 5.91 Å². The first kappa shape index (κ1) is 25.1. The maximum absolute atomic E-state index is 14.0. The van der Waals surface area contributed by atoms with E-state index < -0.39 is 40.6 Å². The van der Waals surface area contributed by atoms with Crippen molar-refractivity contribution in [2.75, 3.05) is 0 Å². The number of carbonyl (C=O) groups is 3. The Morgan fingerprint density at radius 1 is 1.20 bits per heavy atom. The first-order valence-electron chi connectivity index (χ1n) is 11.6. The molecule has 1 heterocycles. The number of aromatic nitrogens is 2. The molecule has 0 aromatic carbocycles. The van der Waals surface area contributed by atoms with E-state index in [1.54, 1.807) is 13.8 Å². The van der Waals surface area contributed by atoms with Gasteiger partial charge in [-0.25, -0.2) is 9.48 Å². The number of ether oxygens (including phenoxy) is 1. The molecule has 2 atom stereocenters. The number of nitrogens with two attached hydrogens (primary N) is 1. The maximum Gasteiger partial charge on any atom is 0.434 e. The summed E-state index contributed by atoms with van der Waals surface area (Å²) < 4.78 is 48.0. The van der Waals surface area contributed by atoms with Gasteiger partial charge in [0.15, 0.2) is 5.69 Å². The molecule has 4 aliphatic carbocycles. The fraction of sp³-hybridized carbons (Fsp3) is 0.652. The maximum atomic E-state index is 14.0. The van der Waals surface area contributed by atoms with Crippen LogP contribution in [-0.2, 0) is 15.7 Å². The van der Waals surface area contributed by atoms with Gasteiger partial charge in [-0.1, -0.05) is 0 Å². The summed E-state index contributed by atoms with van der Waals surface area (Å²) >= 11 is 0. The number of alkyl halides is 3. The second-order valence-electron chi connectivity index (χ2n) is 10.6. The van der Waals surface area contributed by atoms with Crippen LogP contribution in [0, 0.1) is 17.8 Å². The SMILES string of the molecule is CC(=O)NC(C)(C)/C=C/n1ncc(C(=O)NC2C3CC4CC2CC(OC(N)=O)(C4)C3)c1C(F)(F)F. The van der Waals surface area contributed by atoms with Gasteiger partial charge in [0, 0.05) is 19.2 Å². The highest BCUT2D eigenvalue weighted by Gasteiger charge is 2.57. The van der Waals surface area contributed by atoms with Gasteiger partial charge < -0.3 is 21.1 Å². The molecule has 0 radical (unpaired) electrons. The third-order valence-electron chi connectivity index (χ3n) is 7.27. The smallest absolute Gasteiger partial charge is 0.434 e. The normalized spacial score (nSPS) is 29.9. The largest absolute Gasteiger partial charge is 0.443 e. The van der Waals surface area contributed by atoms with E-state index in [0.717, 1.165) is 31.7 Å². The number of primary amides is 1. The molecule has 4 fully saturated rings. The summed E-state index contributed by atoms with van der Waals surface area (Å²) in [6, 6.07) is -0.317. The molecule has 4 saturated carbocycles. The lowest BCUT2D eigenvalue weighted by Gasteiger charge is -2.58. The highest BCUT2D eigenvalue weighted by Crippen LogP contribution is 2.57. The van der Waals surface area contributed by atoms with Crippen LogP contribution in [0.25, 0.3) is 6.20 Å². The van der Waals surface area contributed by atoms with Gasteiger partial charge in [0.1, 0.15) is 5.60 Å². The van der Waals surface area contributed by atoms with E-state index in [2.05, 4.69) is 15.7 Å². The van der Waals surface area contributed by atoms with Gasteiger partial charge in [-0.2, -0.15) is 18.3 Å². The van der Waals surface area contributed by atoms with Crippen molar-refractivity contribution in [1.82, 2.24) is 20.4 Å². The molecule has 4 bridgehead atoms. The summed E-state index contributed by atoms with van der Waals surface area (Å²) in [6.07, 6.45) is 1.12. The summed E-state index contributed by atoms with van der Waals surface area (Å²) in [5.41, 5.74) is 1.94. The number of nitrogens with one attached hydrogen (secondary N) is 2. The predicted molar refractivity (Wildman–Crippen MR) is 119 cm³/mol. The summed E-state index contributed by atoms with van der Waals surface area (Å²) in [4.78, 5) is 35.8. The van der Waals surface area contributed by atoms with Crippen molar-refractivity contribution in [3.05, 3.63) is 23.5 Å². The lowest BCUT2D eigenvalue weighted by molar-refractivity contribution is -0.143. The standard InChI is InChI=1S/C23H30F3N5O4/c1-12(32)30-21(2,3)4-5-31-18(23(24,25)26)16(11-28-31)19(33)29-17-14-6-13-7-15(17)10-22(8-13,9-14)35-20(27)34/h4-5,11,13-15,17H,6-10H2,1-3H3,(H2,27,34)(H,29,33)(H,30,32)/b5-4+. The van der Waals surface area contributed by atoms with Crippen LogP contribution in [0.3, 0.4) is 0 Å². The zero-order chi connectivity index (χ0) is 25.8. The third kappa shape index (κ3) is 5.15. The summed E-state index contributed by atoms with van der Waals surface area (Å²) in [6.45, 7) is 4.55. The van der Waals surface area contributed by atoms with Crippen molar-refractivity contribution in [2.45, 2.75) is 76.2 Å². The van der Waals surface area contributed by atoms with E-state index in [9.17, 15) is 27.6 Å². The average molecular weight is 498 g/mol. The van der Waals surface area contributed by atoms with Crippen molar-refractivity contribution in [3.63, 3.8) is 0 Å². The van der Waals surface area contributed by atoms with Crippen molar-refractivity contribution in [3.8, 4) is 0 Å². The van der Waals surface area contributed by atoms with Crippen molar-refractivity contribution in [1.29, 1.82) is 0 Å². The monoisotopic (exact) mass is 497 g/mol.